The third-order valence-electron chi connectivity index (χ3n) is 6.13. The van der Waals surface area contributed by atoms with E-state index in [0.717, 1.165) is 45.1 Å². The lowest BCUT2D eigenvalue weighted by Crippen LogP contribution is -2.25. The normalized spacial score (nSPS) is 14.8. The van der Waals surface area contributed by atoms with E-state index in [1.807, 2.05) is 44.2 Å². The van der Waals surface area contributed by atoms with Gasteiger partial charge in [-0.3, -0.25) is 19.7 Å². The highest BCUT2D eigenvalue weighted by Gasteiger charge is 2.31. The van der Waals surface area contributed by atoms with Crippen LogP contribution in [0.15, 0.2) is 48.7 Å². The number of imide groups is 1. The molecule has 0 radical (unpaired) electrons. The fourth-order valence-corrected chi connectivity index (χ4v) is 5.00. The number of benzene rings is 2. The first-order valence-electron chi connectivity index (χ1n) is 12.1. The molecular weight excluding hydrogens is 509 g/mol. The fraction of sp³-hybridized carbons (Fsp3) is 0.286. The van der Waals surface area contributed by atoms with Crippen molar-refractivity contribution >= 4 is 34.7 Å². The maximum absolute atomic E-state index is 14.8. The molecule has 3 aromatic rings. The molecule has 10 heteroatoms. The maximum atomic E-state index is 14.8. The molecule has 8 nitrogen and oxygen atoms in total. The van der Waals surface area contributed by atoms with Crippen molar-refractivity contribution in [2.24, 2.45) is 0 Å². The number of aryl methyl sites for hydroxylation is 1. The number of thioether (sulfide) groups is 1. The van der Waals surface area contributed by atoms with Crippen LogP contribution in [0, 0.1) is 19.7 Å². The summed E-state index contributed by atoms with van der Waals surface area (Å²) in [6, 6.07) is 12.7. The highest BCUT2D eigenvalue weighted by molar-refractivity contribution is 8.15. The Labute approximate surface area is 224 Å². The molecule has 0 saturated carbocycles. The van der Waals surface area contributed by atoms with Crippen LogP contribution in [-0.4, -0.2) is 40.6 Å². The van der Waals surface area contributed by atoms with Crippen LogP contribution in [0.1, 0.15) is 29.2 Å². The van der Waals surface area contributed by atoms with Gasteiger partial charge in [-0.1, -0.05) is 36.0 Å². The van der Waals surface area contributed by atoms with Crippen LogP contribution in [-0.2, 0) is 27.3 Å². The maximum Gasteiger partial charge on any atom is 0.302 e. The first-order chi connectivity index (χ1) is 18.2. The van der Waals surface area contributed by atoms with Crippen molar-refractivity contribution in [2.75, 3.05) is 18.5 Å². The molecule has 198 valence electrons. The van der Waals surface area contributed by atoms with Gasteiger partial charge >= 0.3 is 5.97 Å². The number of esters is 1. The number of anilines is 1. The SMILES string of the molecule is CC(=O)OCCOc1cc(C)c(-c2cccc(CNc3ccc(CC4SC(=O)NC4=O)cn3)c2C)cc1F. The summed E-state index contributed by atoms with van der Waals surface area (Å²) < 4.78 is 25.1. The number of carbonyl (C=O) groups is 3. The van der Waals surface area contributed by atoms with Gasteiger partial charge in [-0.2, -0.15) is 0 Å². The van der Waals surface area contributed by atoms with E-state index in [-0.39, 0.29) is 30.1 Å². The van der Waals surface area contributed by atoms with Gasteiger partial charge in [0.25, 0.3) is 5.24 Å². The minimum Gasteiger partial charge on any atom is -0.487 e. The summed E-state index contributed by atoms with van der Waals surface area (Å²) in [6.45, 7) is 5.84. The van der Waals surface area contributed by atoms with Gasteiger partial charge in [-0.25, -0.2) is 9.37 Å². The summed E-state index contributed by atoms with van der Waals surface area (Å²) in [4.78, 5) is 38.4. The summed E-state index contributed by atoms with van der Waals surface area (Å²) in [5.74, 6) is -0.378. The Balaban J connectivity index is 1.41. The summed E-state index contributed by atoms with van der Waals surface area (Å²) in [5, 5.41) is 4.86. The predicted octanol–water partition coefficient (Wildman–Crippen LogP) is 4.95. The number of nitrogens with one attached hydrogen (secondary N) is 2. The van der Waals surface area contributed by atoms with Gasteiger partial charge in [0, 0.05) is 19.7 Å². The molecule has 2 N–H and O–H groups in total. The molecule has 1 saturated heterocycles. The van der Waals surface area contributed by atoms with Crippen molar-refractivity contribution in [1.82, 2.24) is 10.3 Å². The number of rotatable bonds is 10. The van der Waals surface area contributed by atoms with Crippen LogP contribution in [0.25, 0.3) is 11.1 Å². The molecule has 1 fully saturated rings. The zero-order valence-corrected chi connectivity index (χ0v) is 22.1. The molecule has 1 aliphatic heterocycles. The number of amides is 2. The molecule has 0 bridgehead atoms. The van der Waals surface area contributed by atoms with Gasteiger partial charge in [-0.05, 0) is 71.8 Å². The summed E-state index contributed by atoms with van der Waals surface area (Å²) in [5.41, 5.74) is 5.45. The molecule has 4 rings (SSSR count). The van der Waals surface area contributed by atoms with Gasteiger partial charge in [0.05, 0.1) is 5.25 Å². The second kappa shape index (κ2) is 12.1. The van der Waals surface area contributed by atoms with Crippen LogP contribution in [0.2, 0.25) is 0 Å². The van der Waals surface area contributed by atoms with E-state index in [1.54, 1.807) is 12.3 Å². The van der Waals surface area contributed by atoms with Crippen LogP contribution in [0.3, 0.4) is 0 Å². The highest BCUT2D eigenvalue weighted by Crippen LogP contribution is 2.33. The Morgan fingerprint density at radius 3 is 2.63 bits per heavy atom. The number of nitrogens with zero attached hydrogens (tertiary/aromatic N) is 1. The lowest BCUT2D eigenvalue weighted by Gasteiger charge is -2.16. The van der Waals surface area contributed by atoms with Crippen LogP contribution in [0.4, 0.5) is 15.0 Å². The third-order valence-corrected chi connectivity index (χ3v) is 7.12. The standard InChI is InChI=1S/C28H28FN3O5S/c1-16-11-24(37-10-9-36-18(3)33)23(29)13-22(16)21-6-4-5-20(17(21)2)15-31-26-8-7-19(14-30-26)12-25-27(34)32-28(35)38-25/h4-8,11,13-14,25H,9-10,12,15H2,1-3H3,(H,30,31)(H,32,34,35). The molecule has 1 unspecified atom stereocenters. The summed E-state index contributed by atoms with van der Waals surface area (Å²) >= 11 is 0.999. The van der Waals surface area contributed by atoms with E-state index >= 15 is 0 Å². The minimum atomic E-state index is -0.488. The molecule has 2 amide bonds. The van der Waals surface area contributed by atoms with Crippen molar-refractivity contribution in [3.8, 4) is 16.9 Å². The van der Waals surface area contributed by atoms with Crippen molar-refractivity contribution in [3.63, 3.8) is 0 Å². The second-order valence-electron chi connectivity index (χ2n) is 8.87. The number of aromatic nitrogens is 1. The van der Waals surface area contributed by atoms with E-state index in [9.17, 15) is 18.8 Å². The average Bonchev–Trinajstić information content (AvgIpc) is 3.20. The van der Waals surface area contributed by atoms with Crippen LogP contribution in [0.5, 0.6) is 5.75 Å². The lowest BCUT2D eigenvalue weighted by atomic mass is 9.93. The molecule has 2 aromatic carbocycles. The molecule has 0 aliphatic carbocycles. The topological polar surface area (TPSA) is 107 Å². The Morgan fingerprint density at radius 2 is 1.95 bits per heavy atom. The zero-order valence-electron chi connectivity index (χ0n) is 21.3. The Hall–Kier alpha value is -3.92. The highest BCUT2D eigenvalue weighted by atomic mass is 32.2. The van der Waals surface area contributed by atoms with Crippen molar-refractivity contribution < 1.29 is 28.2 Å². The summed E-state index contributed by atoms with van der Waals surface area (Å²) in [7, 11) is 0. The first-order valence-corrected chi connectivity index (χ1v) is 12.9. The van der Waals surface area contributed by atoms with Crippen LogP contribution >= 0.6 is 11.8 Å². The van der Waals surface area contributed by atoms with Gasteiger partial charge in [0.1, 0.15) is 19.0 Å². The lowest BCUT2D eigenvalue weighted by molar-refractivity contribution is -0.141. The van der Waals surface area contributed by atoms with E-state index in [4.69, 9.17) is 9.47 Å². The number of pyridine rings is 1. The first kappa shape index (κ1) is 27.1. The zero-order chi connectivity index (χ0) is 27.2. The van der Waals surface area contributed by atoms with E-state index < -0.39 is 17.0 Å². The van der Waals surface area contributed by atoms with E-state index in [1.165, 1.54) is 13.0 Å². The van der Waals surface area contributed by atoms with Crippen molar-refractivity contribution in [1.29, 1.82) is 0 Å². The molecule has 1 aliphatic rings. The molecule has 2 heterocycles. The number of hydrogen-bond acceptors (Lipinski definition) is 8. The quantitative estimate of drug-likeness (QED) is 0.276. The molecule has 0 spiro atoms. The Kier molecular flexibility index (Phi) is 8.62. The Bertz CT molecular complexity index is 1360. The van der Waals surface area contributed by atoms with Crippen molar-refractivity contribution in [3.05, 3.63) is 76.7 Å². The smallest absolute Gasteiger partial charge is 0.302 e. The number of carbonyl (C=O) groups excluding carboxylic acids is 3. The molecular formula is C28H28FN3O5S. The molecule has 1 aromatic heterocycles. The van der Waals surface area contributed by atoms with Crippen molar-refractivity contribution in [2.45, 2.75) is 39.0 Å². The largest absolute Gasteiger partial charge is 0.487 e. The van der Waals surface area contributed by atoms with Gasteiger partial charge in [0.2, 0.25) is 5.91 Å². The van der Waals surface area contributed by atoms with Gasteiger partial charge < -0.3 is 14.8 Å². The van der Waals surface area contributed by atoms with Gasteiger partial charge in [0.15, 0.2) is 11.6 Å². The monoisotopic (exact) mass is 537 g/mol. The fourth-order valence-electron chi connectivity index (χ4n) is 4.14. The molecule has 38 heavy (non-hydrogen) atoms. The second-order valence-corrected chi connectivity index (χ2v) is 10.0. The average molecular weight is 538 g/mol. The van der Waals surface area contributed by atoms with E-state index in [0.29, 0.717) is 18.8 Å². The van der Waals surface area contributed by atoms with Crippen LogP contribution < -0.4 is 15.4 Å². The molecule has 1 atom stereocenters. The minimum absolute atomic E-state index is 0.0546. The Morgan fingerprint density at radius 1 is 1.13 bits per heavy atom. The van der Waals surface area contributed by atoms with Gasteiger partial charge in [-0.15, -0.1) is 0 Å². The third kappa shape index (κ3) is 6.69. The van der Waals surface area contributed by atoms with E-state index in [2.05, 4.69) is 15.6 Å². The number of hydrogen-bond donors (Lipinski definition) is 2. The number of halogens is 1. The summed E-state index contributed by atoms with van der Waals surface area (Å²) in [6.07, 6.45) is 2.13. The number of ether oxygens (including phenoxy) is 2. The predicted molar refractivity (Wildman–Crippen MR) is 144 cm³/mol.